The molecule has 5 unspecified atom stereocenters. The average molecular weight is 478 g/mol. The fourth-order valence-electron chi connectivity index (χ4n) is 2.75. The number of hydrogen-bond donors (Lipinski definition) is 7. The van der Waals surface area contributed by atoms with Crippen molar-refractivity contribution in [3.8, 4) is 0 Å². The second-order valence-electron chi connectivity index (χ2n) is 8.02. The van der Waals surface area contributed by atoms with Crippen LogP contribution in [0.4, 0.5) is 0 Å². The van der Waals surface area contributed by atoms with Crippen molar-refractivity contribution in [1.29, 1.82) is 0 Å². The molecule has 5 atom stereocenters. The van der Waals surface area contributed by atoms with Gasteiger partial charge in [0.25, 0.3) is 0 Å². The molecule has 0 aromatic carbocycles. The molecule has 0 aliphatic rings. The Morgan fingerprint density at radius 1 is 0.906 bits per heavy atom. The standard InChI is InChI=1S/C20H39N5O6S/c1-11(2)15(22)18(28)23-13(7-5-6-9-21)17(27)25-16(12(3)26)19(29)24-14(20(30)31)8-10-32-4/h11-16,26H,5-10,21-22H2,1-4H3,(H,23,28)(H,24,29)(H,25,27)(H,30,31). The summed E-state index contributed by atoms with van der Waals surface area (Å²) in [7, 11) is 0. The van der Waals surface area contributed by atoms with Crippen molar-refractivity contribution in [2.75, 3.05) is 18.6 Å². The number of rotatable bonds is 16. The van der Waals surface area contributed by atoms with Gasteiger partial charge in [0.15, 0.2) is 0 Å². The molecule has 9 N–H and O–H groups in total. The quantitative estimate of drug-likeness (QED) is 0.133. The van der Waals surface area contributed by atoms with E-state index in [2.05, 4.69) is 16.0 Å². The van der Waals surface area contributed by atoms with E-state index in [-0.39, 0.29) is 18.8 Å². The molecule has 0 aromatic rings. The Labute approximate surface area is 193 Å². The van der Waals surface area contributed by atoms with E-state index in [1.807, 2.05) is 6.26 Å². The summed E-state index contributed by atoms with van der Waals surface area (Å²) in [4.78, 5) is 49.3. The summed E-state index contributed by atoms with van der Waals surface area (Å²) >= 11 is 1.43. The minimum atomic E-state index is -1.40. The van der Waals surface area contributed by atoms with Crippen molar-refractivity contribution < 1.29 is 29.4 Å². The molecule has 0 aliphatic heterocycles. The lowest BCUT2D eigenvalue weighted by molar-refractivity contribution is -0.143. The largest absolute Gasteiger partial charge is 0.480 e. The van der Waals surface area contributed by atoms with E-state index in [4.69, 9.17) is 11.5 Å². The zero-order chi connectivity index (χ0) is 24.8. The number of amides is 3. The molecule has 0 aromatic heterocycles. The Morgan fingerprint density at radius 3 is 1.97 bits per heavy atom. The first-order valence-corrected chi connectivity index (χ1v) is 12.1. The van der Waals surface area contributed by atoms with Crippen LogP contribution >= 0.6 is 11.8 Å². The fraction of sp³-hybridized carbons (Fsp3) is 0.800. The number of carbonyl (C=O) groups excluding carboxylic acids is 3. The molecule has 32 heavy (non-hydrogen) atoms. The van der Waals surface area contributed by atoms with E-state index >= 15 is 0 Å². The Hall–Kier alpha value is -1.89. The number of carbonyl (C=O) groups is 4. The topological polar surface area (TPSA) is 197 Å². The van der Waals surface area contributed by atoms with E-state index in [0.29, 0.717) is 25.1 Å². The molecule has 186 valence electrons. The number of carboxylic acids is 1. The average Bonchev–Trinajstić information content (AvgIpc) is 2.72. The monoisotopic (exact) mass is 477 g/mol. The summed E-state index contributed by atoms with van der Waals surface area (Å²) in [6.07, 6.45) is 2.14. The molecule has 0 rings (SSSR count). The van der Waals surface area contributed by atoms with E-state index < -0.39 is 54.0 Å². The molecular weight excluding hydrogens is 438 g/mol. The maximum atomic E-state index is 12.9. The molecule has 0 bridgehead atoms. The molecule has 0 saturated carbocycles. The number of unbranched alkanes of at least 4 members (excludes halogenated alkanes) is 1. The highest BCUT2D eigenvalue weighted by Gasteiger charge is 2.32. The first kappa shape index (κ1) is 30.1. The van der Waals surface area contributed by atoms with Gasteiger partial charge in [0, 0.05) is 0 Å². The second-order valence-corrected chi connectivity index (χ2v) is 9.01. The van der Waals surface area contributed by atoms with Crippen LogP contribution in [0.25, 0.3) is 0 Å². The number of thioether (sulfide) groups is 1. The minimum Gasteiger partial charge on any atom is -0.480 e. The van der Waals surface area contributed by atoms with Gasteiger partial charge in [-0.2, -0.15) is 11.8 Å². The van der Waals surface area contributed by atoms with Crippen LogP contribution in [0.2, 0.25) is 0 Å². The summed E-state index contributed by atoms with van der Waals surface area (Å²) in [5.41, 5.74) is 11.4. The van der Waals surface area contributed by atoms with Crippen molar-refractivity contribution in [2.24, 2.45) is 17.4 Å². The molecule has 0 aliphatic carbocycles. The highest BCUT2D eigenvalue weighted by Crippen LogP contribution is 2.07. The molecule has 0 saturated heterocycles. The number of hydrogen-bond acceptors (Lipinski definition) is 8. The van der Waals surface area contributed by atoms with Crippen LogP contribution in [0.3, 0.4) is 0 Å². The van der Waals surface area contributed by atoms with Crippen LogP contribution in [0.1, 0.15) is 46.5 Å². The Kier molecular flexibility index (Phi) is 14.9. The van der Waals surface area contributed by atoms with Gasteiger partial charge in [0.1, 0.15) is 18.1 Å². The number of aliphatic hydroxyl groups is 1. The summed E-state index contributed by atoms with van der Waals surface area (Å²) in [5, 5.41) is 26.7. The van der Waals surface area contributed by atoms with Gasteiger partial charge < -0.3 is 37.6 Å². The lowest BCUT2D eigenvalue weighted by atomic mass is 10.0. The third-order valence-electron chi connectivity index (χ3n) is 4.89. The number of aliphatic hydroxyl groups excluding tert-OH is 1. The molecule has 11 nitrogen and oxygen atoms in total. The maximum absolute atomic E-state index is 12.9. The molecular formula is C20H39N5O6S. The molecule has 12 heteroatoms. The number of nitrogens with two attached hydrogens (primary N) is 2. The van der Waals surface area contributed by atoms with Crippen molar-refractivity contribution in [3.63, 3.8) is 0 Å². The van der Waals surface area contributed by atoms with Crippen LogP contribution in [0.5, 0.6) is 0 Å². The molecule has 0 spiro atoms. The van der Waals surface area contributed by atoms with Crippen molar-refractivity contribution >= 4 is 35.5 Å². The van der Waals surface area contributed by atoms with Crippen molar-refractivity contribution in [2.45, 2.75) is 76.7 Å². The van der Waals surface area contributed by atoms with Crippen LogP contribution in [-0.2, 0) is 19.2 Å². The summed E-state index contributed by atoms with van der Waals surface area (Å²) in [5.74, 6) is -2.86. The number of nitrogens with one attached hydrogen (secondary N) is 3. The minimum absolute atomic E-state index is 0.145. The van der Waals surface area contributed by atoms with E-state index in [1.54, 1.807) is 13.8 Å². The third-order valence-corrected chi connectivity index (χ3v) is 5.53. The van der Waals surface area contributed by atoms with Crippen LogP contribution in [-0.4, -0.2) is 82.7 Å². The maximum Gasteiger partial charge on any atom is 0.326 e. The summed E-state index contributed by atoms with van der Waals surface area (Å²) in [6.45, 7) is 5.27. The first-order valence-electron chi connectivity index (χ1n) is 10.7. The lowest BCUT2D eigenvalue weighted by Crippen LogP contribution is -2.60. The second kappa shape index (κ2) is 15.8. The fourth-order valence-corrected chi connectivity index (χ4v) is 3.22. The normalized spacial score (nSPS) is 15.9. The Balaban J connectivity index is 5.38. The van der Waals surface area contributed by atoms with Gasteiger partial charge in [0.05, 0.1) is 12.1 Å². The van der Waals surface area contributed by atoms with Crippen LogP contribution < -0.4 is 27.4 Å². The highest BCUT2D eigenvalue weighted by atomic mass is 32.2. The lowest BCUT2D eigenvalue weighted by Gasteiger charge is -2.27. The van der Waals surface area contributed by atoms with Gasteiger partial charge in [-0.05, 0) is 57.1 Å². The van der Waals surface area contributed by atoms with Gasteiger partial charge in [0.2, 0.25) is 17.7 Å². The van der Waals surface area contributed by atoms with E-state index in [1.165, 1.54) is 18.7 Å². The molecule has 3 amide bonds. The van der Waals surface area contributed by atoms with Gasteiger partial charge in [-0.15, -0.1) is 0 Å². The molecule has 0 radical (unpaired) electrons. The number of aliphatic carboxylic acids is 1. The van der Waals surface area contributed by atoms with Crippen molar-refractivity contribution in [3.05, 3.63) is 0 Å². The van der Waals surface area contributed by atoms with Gasteiger partial charge in [-0.1, -0.05) is 13.8 Å². The molecule has 0 heterocycles. The Bertz CT molecular complexity index is 619. The Morgan fingerprint density at radius 2 is 1.50 bits per heavy atom. The number of carboxylic acid groups (broad SMARTS) is 1. The zero-order valence-corrected chi connectivity index (χ0v) is 20.1. The highest BCUT2D eigenvalue weighted by molar-refractivity contribution is 7.98. The third kappa shape index (κ3) is 11.1. The SMILES string of the molecule is CSCCC(NC(=O)C(NC(=O)C(CCCCN)NC(=O)C(N)C(C)C)C(C)O)C(=O)O. The first-order chi connectivity index (χ1) is 15.0. The van der Waals surface area contributed by atoms with Gasteiger partial charge in [-0.3, -0.25) is 14.4 Å². The summed E-state index contributed by atoms with van der Waals surface area (Å²) < 4.78 is 0. The smallest absolute Gasteiger partial charge is 0.326 e. The van der Waals surface area contributed by atoms with Crippen molar-refractivity contribution in [1.82, 2.24) is 16.0 Å². The molecule has 0 fully saturated rings. The van der Waals surface area contributed by atoms with Gasteiger partial charge in [-0.25, -0.2) is 4.79 Å². The van der Waals surface area contributed by atoms with Gasteiger partial charge >= 0.3 is 5.97 Å². The zero-order valence-electron chi connectivity index (χ0n) is 19.3. The van der Waals surface area contributed by atoms with E-state index in [9.17, 15) is 29.4 Å². The van der Waals surface area contributed by atoms with Crippen LogP contribution in [0.15, 0.2) is 0 Å². The summed E-state index contributed by atoms with van der Waals surface area (Å²) in [6, 6.07) is -4.35. The van der Waals surface area contributed by atoms with E-state index in [0.717, 1.165) is 0 Å². The predicted octanol–water partition coefficient (Wildman–Crippen LogP) is -1.23. The van der Waals surface area contributed by atoms with Crippen LogP contribution in [0, 0.1) is 5.92 Å². The predicted molar refractivity (Wildman–Crippen MR) is 124 cm³/mol.